The molecule has 2 heterocycles. The van der Waals surface area contributed by atoms with E-state index in [0.29, 0.717) is 11.4 Å². The second kappa shape index (κ2) is 3.41. The van der Waals surface area contributed by atoms with Crippen LogP contribution < -0.4 is 0 Å². The predicted octanol–water partition coefficient (Wildman–Crippen LogP) is 0.0542. The maximum Gasteiger partial charge on any atom is 0.348 e. The van der Waals surface area contributed by atoms with E-state index >= 15 is 0 Å². The quantitative estimate of drug-likeness (QED) is 0.717. The molecule has 0 radical (unpaired) electrons. The lowest BCUT2D eigenvalue weighted by molar-refractivity contribution is -0.148. The van der Waals surface area contributed by atoms with E-state index < -0.39 is 12.1 Å². The van der Waals surface area contributed by atoms with Gasteiger partial charge in [-0.15, -0.1) is 0 Å². The molecule has 1 aliphatic heterocycles. The molecule has 0 fully saturated rings. The summed E-state index contributed by atoms with van der Waals surface area (Å²) in [7, 11) is 0. The number of nitrogens with zero attached hydrogens (tertiary/aromatic N) is 3. The van der Waals surface area contributed by atoms with Gasteiger partial charge in [0.2, 0.25) is 6.10 Å². The van der Waals surface area contributed by atoms with Crippen LogP contribution in [0, 0.1) is 0 Å². The minimum atomic E-state index is -1.02. The van der Waals surface area contributed by atoms with E-state index in [4.69, 9.17) is 9.94 Å². The lowest BCUT2D eigenvalue weighted by Gasteiger charge is -1.98. The number of rotatable bonds is 2. The topological polar surface area (TPSA) is 84.7 Å². The van der Waals surface area contributed by atoms with Gasteiger partial charge in [-0.25, -0.2) is 4.79 Å². The number of carboxylic acids is 1. The molecule has 1 aliphatic rings. The van der Waals surface area contributed by atoms with Crippen LogP contribution in [-0.4, -0.2) is 32.9 Å². The number of carboxylic acid groups (broad SMARTS) is 1. The van der Waals surface area contributed by atoms with E-state index in [1.54, 1.807) is 0 Å². The van der Waals surface area contributed by atoms with Crippen LogP contribution in [0.3, 0.4) is 0 Å². The van der Waals surface area contributed by atoms with Gasteiger partial charge in [0, 0.05) is 18.8 Å². The molecule has 0 amide bonds. The lowest BCUT2D eigenvalue weighted by atomic mass is 10.1. The molecular formula is C8H7N3O3. The average Bonchev–Trinajstić information content (AvgIpc) is 2.68. The molecule has 0 aliphatic carbocycles. The summed E-state index contributed by atoms with van der Waals surface area (Å²) in [5.41, 5.74) is 1.07. The molecule has 1 atom stereocenters. The fraction of sp³-hybridized carbons (Fsp3) is 0.250. The summed E-state index contributed by atoms with van der Waals surface area (Å²) >= 11 is 0. The minimum absolute atomic E-state index is 0.230. The fourth-order valence-corrected chi connectivity index (χ4v) is 1.11. The molecule has 72 valence electrons. The number of hydrogen-bond acceptors (Lipinski definition) is 5. The summed E-state index contributed by atoms with van der Waals surface area (Å²) in [4.78, 5) is 23.1. The van der Waals surface area contributed by atoms with E-state index in [1.807, 2.05) is 0 Å². The molecule has 1 unspecified atom stereocenters. The lowest BCUT2D eigenvalue weighted by Crippen LogP contribution is -2.20. The molecule has 0 bridgehead atoms. The molecule has 0 saturated carbocycles. The fourth-order valence-electron chi connectivity index (χ4n) is 1.11. The third kappa shape index (κ3) is 1.54. The van der Waals surface area contributed by atoms with Crippen molar-refractivity contribution in [3.8, 4) is 0 Å². The summed E-state index contributed by atoms with van der Waals surface area (Å²) < 4.78 is 0. The molecule has 1 N–H and O–H groups in total. The number of oxime groups is 1. The van der Waals surface area contributed by atoms with E-state index in [1.165, 1.54) is 18.6 Å². The van der Waals surface area contributed by atoms with Gasteiger partial charge in [0.25, 0.3) is 0 Å². The van der Waals surface area contributed by atoms with Crippen molar-refractivity contribution >= 4 is 11.7 Å². The Morgan fingerprint density at radius 2 is 2.43 bits per heavy atom. The third-order valence-electron chi connectivity index (χ3n) is 1.80. The third-order valence-corrected chi connectivity index (χ3v) is 1.80. The first kappa shape index (κ1) is 8.61. The van der Waals surface area contributed by atoms with Crippen molar-refractivity contribution in [3.63, 3.8) is 0 Å². The van der Waals surface area contributed by atoms with E-state index in [-0.39, 0.29) is 6.42 Å². The first-order chi connectivity index (χ1) is 6.77. The zero-order valence-electron chi connectivity index (χ0n) is 7.12. The smallest absolute Gasteiger partial charge is 0.348 e. The SMILES string of the molecule is O=C(O)C1CC(c2cnccn2)=NO1. The number of hydrogen-bond donors (Lipinski definition) is 1. The Morgan fingerprint density at radius 3 is 3.00 bits per heavy atom. The Balaban J connectivity index is 2.13. The zero-order chi connectivity index (χ0) is 9.97. The average molecular weight is 193 g/mol. The molecule has 0 spiro atoms. The molecule has 1 aromatic rings. The van der Waals surface area contributed by atoms with Crippen molar-refractivity contribution in [1.29, 1.82) is 0 Å². The van der Waals surface area contributed by atoms with Crippen molar-refractivity contribution in [2.75, 3.05) is 0 Å². The Bertz CT molecular complexity index is 377. The second-order valence-corrected chi connectivity index (χ2v) is 2.77. The van der Waals surface area contributed by atoms with E-state index in [2.05, 4.69) is 15.1 Å². The molecule has 2 rings (SSSR count). The predicted molar refractivity (Wildman–Crippen MR) is 45.7 cm³/mol. The van der Waals surface area contributed by atoms with Crippen LogP contribution >= 0.6 is 0 Å². The Labute approximate surface area is 79.2 Å². The van der Waals surface area contributed by atoms with Gasteiger partial charge in [-0.3, -0.25) is 9.97 Å². The highest BCUT2D eigenvalue weighted by atomic mass is 16.7. The Kier molecular flexibility index (Phi) is 2.10. The molecule has 6 nitrogen and oxygen atoms in total. The van der Waals surface area contributed by atoms with Gasteiger partial charge in [0.1, 0.15) is 11.4 Å². The van der Waals surface area contributed by atoms with E-state index in [9.17, 15) is 4.79 Å². The molecule has 0 aromatic carbocycles. The molecule has 6 heteroatoms. The molecule has 14 heavy (non-hydrogen) atoms. The minimum Gasteiger partial charge on any atom is -0.478 e. The van der Waals surface area contributed by atoms with Crippen LogP contribution in [0.4, 0.5) is 0 Å². The Hall–Kier alpha value is -1.98. The Morgan fingerprint density at radius 1 is 1.57 bits per heavy atom. The second-order valence-electron chi connectivity index (χ2n) is 2.77. The van der Waals surface area contributed by atoms with Gasteiger partial charge in [-0.05, 0) is 0 Å². The van der Waals surface area contributed by atoms with Crippen molar-refractivity contribution in [1.82, 2.24) is 9.97 Å². The normalized spacial score (nSPS) is 20.0. The monoisotopic (exact) mass is 193 g/mol. The van der Waals surface area contributed by atoms with Crippen LogP contribution in [0.15, 0.2) is 23.7 Å². The van der Waals surface area contributed by atoms with Crippen molar-refractivity contribution in [3.05, 3.63) is 24.3 Å². The first-order valence-corrected chi connectivity index (χ1v) is 3.99. The first-order valence-electron chi connectivity index (χ1n) is 3.99. The highest BCUT2D eigenvalue weighted by molar-refractivity contribution is 6.01. The van der Waals surface area contributed by atoms with Gasteiger partial charge >= 0.3 is 5.97 Å². The number of aliphatic carboxylic acids is 1. The van der Waals surface area contributed by atoms with Crippen LogP contribution in [0.25, 0.3) is 0 Å². The van der Waals surface area contributed by atoms with Crippen LogP contribution in [0.5, 0.6) is 0 Å². The summed E-state index contributed by atoms with van der Waals surface area (Å²) in [5, 5.41) is 12.3. The number of carbonyl (C=O) groups is 1. The zero-order valence-corrected chi connectivity index (χ0v) is 7.12. The molecule has 1 aromatic heterocycles. The van der Waals surface area contributed by atoms with Gasteiger partial charge < -0.3 is 9.94 Å². The standard InChI is InChI=1S/C8H7N3O3/c12-8(13)7-3-5(11-14-7)6-4-9-1-2-10-6/h1-2,4,7H,3H2,(H,12,13). The summed E-state index contributed by atoms with van der Waals surface area (Å²) in [6.45, 7) is 0. The van der Waals surface area contributed by atoms with Crippen LogP contribution in [0.1, 0.15) is 12.1 Å². The summed E-state index contributed by atoms with van der Waals surface area (Å²) in [6.07, 6.45) is 3.91. The molecule has 0 saturated heterocycles. The largest absolute Gasteiger partial charge is 0.478 e. The number of aromatic nitrogens is 2. The van der Waals surface area contributed by atoms with Gasteiger partial charge in [-0.1, -0.05) is 5.16 Å². The molecular weight excluding hydrogens is 186 g/mol. The van der Waals surface area contributed by atoms with Crippen LogP contribution in [0.2, 0.25) is 0 Å². The highest BCUT2D eigenvalue weighted by Crippen LogP contribution is 2.14. The maximum atomic E-state index is 10.5. The highest BCUT2D eigenvalue weighted by Gasteiger charge is 2.28. The van der Waals surface area contributed by atoms with Gasteiger partial charge in [0.15, 0.2) is 0 Å². The van der Waals surface area contributed by atoms with Crippen LogP contribution in [-0.2, 0) is 9.63 Å². The van der Waals surface area contributed by atoms with Gasteiger partial charge in [-0.2, -0.15) is 0 Å². The van der Waals surface area contributed by atoms with Gasteiger partial charge in [0.05, 0.1) is 6.20 Å². The summed E-state index contributed by atoms with van der Waals surface area (Å²) in [5.74, 6) is -1.02. The maximum absolute atomic E-state index is 10.5. The van der Waals surface area contributed by atoms with Crippen molar-refractivity contribution in [2.24, 2.45) is 5.16 Å². The van der Waals surface area contributed by atoms with Crippen molar-refractivity contribution in [2.45, 2.75) is 12.5 Å². The van der Waals surface area contributed by atoms with Crippen molar-refractivity contribution < 1.29 is 14.7 Å². The summed E-state index contributed by atoms with van der Waals surface area (Å²) in [6, 6.07) is 0. The van der Waals surface area contributed by atoms with E-state index in [0.717, 1.165) is 0 Å².